The van der Waals surface area contributed by atoms with Crippen molar-refractivity contribution >= 4 is 10.0 Å². The van der Waals surface area contributed by atoms with Gasteiger partial charge in [-0.15, -0.1) is 0 Å². The Bertz CT molecular complexity index is 702. The zero-order chi connectivity index (χ0) is 14.0. The topological polar surface area (TPSA) is 82.3 Å². The predicted octanol–water partition coefficient (Wildman–Crippen LogP) is 1.80. The van der Waals surface area contributed by atoms with E-state index in [1.54, 1.807) is 0 Å². The van der Waals surface area contributed by atoms with Crippen LogP contribution < -0.4 is 9.88 Å². The average Bonchev–Trinajstić information content (AvgIpc) is 2.35. The minimum Gasteiger partial charge on any atom is -0.436 e. The van der Waals surface area contributed by atoms with E-state index < -0.39 is 21.7 Å². The zero-order valence-electron chi connectivity index (χ0n) is 9.38. The summed E-state index contributed by atoms with van der Waals surface area (Å²) in [5.74, 6) is -2.65. The molecule has 1 aromatic carbocycles. The Labute approximate surface area is 107 Å². The van der Waals surface area contributed by atoms with E-state index in [-0.39, 0.29) is 16.5 Å². The largest absolute Gasteiger partial charge is 0.436 e. The minimum atomic E-state index is -3.86. The Morgan fingerprint density at radius 2 is 1.89 bits per heavy atom. The van der Waals surface area contributed by atoms with Gasteiger partial charge in [0, 0.05) is 6.07 Å². The van der Waals surface area contributed by atoms with Gasteiger partial charge in [-0.1, -0.05) is 6.07 Å². The molecule has 0 atom stereocenters. The van der Waals surface area contributed by atoms with Crippen molar-refractivity contribution in [3.05, 3.63) is 48.2 Å². The predicted molar refractivity (Wildman–Crippen MR) is 62.0 cm³/mol. The molecular weight excluding hydrogens is 278 g/mol. The van der Waals surface area contributed by atoms with Gasteiger partial charge in [0.1, 0.15) is 4.90 Å². The zero-order valence-corrected chi connectivity index (χ0v) is 10.2. The quantitative estimate of drug-likeness (QED) is 0.932. The SMILES string of the molecule is NS(=O)(=O)c1ccc(Oc2cccc(F)c2F)nc1. The standard InChI is InChI=1S/C11H8F2N2O3S/c12-8-2-1-3-9(11(8)13)18-10-5-4-7(6-15-10)19(14,16)17/h1-6H,(H2,14,16,17). The first-order valence-electron chi connectivity index (χ1n) is 4.98. The Balaban J connectivity index is 2.27. The van der Waals surface area contributed by atoms with E-state index in [0.29, 0.717) is 0 Å². The van der Waals surface area contributed by atoms with Crippen molar-refractivity contribution in [3.8, 4) is 11.6 Å². The second kappa shape index (κ2) is 4.90. The molecule has 19 heavy (non-hydrogen) atoms. The number of nitrogens with two attached hydrogens (primary N) is 1. The molecule has 5 nitrogen and oxygen atoms in total. The van der Waals surface area contributed by atoms with Gasteiger partial charge < -0.3 is 4.74 Å². The van der Waals surface area contributed by atoms with Crippen LogP contribution in [0.1, 0.15) is 0 Å². The molecule has 2 rings (SSSR count). The lowest BCUT2D eigenvalue weighted by Crippen LogP contribution is -2.12. The van der Waals surface area contributed by atoms with Crippen molar-refractivity contribution in [2.24, 2.45) is 5.14 Å². The van der Waals surface area contributed by atoms with Gasteiger partial charge in [0.05, 0.1) is 6.20 Å². The van der Waals surface area contributed by atoms with E-state index in [4.69, 9.17) is 9.88 Å². The summed E-state index contributed by atoms with van der Waals surface area (Å²) in [6, 6.07) is 5.76. The smallest absolute Gasteiger partial charge is 0.239 e. The molecule has 0 amide bonds. The van der Waals surface area contributed by atoms with Crippen LogP contribution in [0.25, 0.3) is 0 Å². The summed E-state index contributed by atoms with van der Waals surface area (Å²) in [6.07, 6.45) is 0.960. The number of sulfonamides is 1. The van der Waals surface area contributed by atoms with Crippen LogP contribution in [0.3, 0.4) is 0 Å². The minimum absolute atomic E-state index is 0.0862. The van der Waals surface area contributed by atoms with Gasteiger partial charge in [-0.05, 0) is 18.2 Å². The lowest BCUT2D eigenvalue weighted by molar-refractivity contribution is 0.405. The first-order chi connectivity index (χ1) is 8.88. The van der Waals surface area contributed by atoms with Crippen LogP contribution >= 0.6 is 0 Å². The fourth-order valence-corrected chi connectivity index (χ4v) is 1.73. The lowest BCUT2D eigenvalue weighted by atomic mass is 10.3. The van der Waals surface area contributed by atoms with E-state index in [0.717, 1.165) is 18.3 Å². The number of benzene rings is 1. The monoisotopic (exact) mass is 286 g/mol. The maximum absolute atomic E-state index is 13.3. The number of halogens is 2. The fourth-order valence-electron chi connectivity index (χ4n) is 1.27. The van der Waals surface area contributed by atoms with E-state index >= 15 is 0 Å². The highest BCUT2D eigenvalue weighted by atomic mass is 32.2. The molecule has 0 aliphatic rings. The van der Waals surface area contributed by atoms with Gasteiger partial charge >= 0.3 is 0 Å². The maximum Gasteiger partial charge on any atom is 0.239 e. The maximum atomic E-state index is 13.3. The molecule has 100 valence electrons. The highest BCUT2D eigenvalue weighted by molar-refractivity contribution is 7.89. The van der Waals surface area contributed by atoms with Crippen LogP contribution in [0.4, 0.5) is 8.78 Å². The number of rotatable bonds is 3. The van der Waals surface area contributed by atoms with Crippen molar-refractivity contribution < 1.29 is 21.9 Å². The van der Waals surface area contributed by atoms with E-state index in [1.165, 1.54) is 18.2 Å². The second-order valence-electron chi connectivity index (χ2n) is 3.53. The summed E-state index contributed by atoms with van der Waals surface area (Å²) >= 11 is 0. The van der Waals surface area contributed by atoms with Gasteiger partial charge in [-0.25, -0.2) is 22.9 Å². The molecule has 2 N–H and O–H groups in total. The number of primary sulfonamides is 1. The molecule has 0 unspecified atom stereocenters. The van der Waals surface area contributed by atoms with Gasteiger partial charge in [0.15, 0.2) is 11.6 Å². The number of hydrogen-bond donors (Lipinski definition) is 1. The number of hydrogen-bond acceptors (Lipinski definition) is 4. The highest BCUT2D eigenvalue weighted by Gasteiger charge is 2.12. The van der Waals surface area contributed by atoms with Crippen molar-refractivity contribution in [1.82, 2.24) is 4.98 Å². The van der Waals surface area contributed by atoms with Crippen molar-refractivity contribution in [2.45, 2.75) is 4.90 Å². The molecule has 1 heterocycles. The molecule has 0 radical (unpaired) electrons. The normalized spacial score (nSPS) is 11.3. The third kappa shape index (κ3) is 3.04. The van der Waals surface area contributed by atoms with Crippen LogP contribution in [-0.2, 0) is 10.0 Å². The number of nitrogens with zero attached hydrogens (tertiary/aromatic N) is 1. The Morgan fingerprint density at radius 1 is 1.16 bits per heavy atom. The molecule has 0 bridgehead atoms. The summed E-state index contributed by atoms with van der Waals surface area (Å²) in [7, 11) is -3.86. The summed E-state index contributed by atoms with van der Waals surface area (Å²) < 4.78 is 53.2. The van der Waals surface area contributed by atoms with Gasteiger partial charge in [-0.2, -0.15) is 4.39 Å². The molecule has 0 fully saturated rings. The van der Waals surface area contributed by atoms with E-state index in [9.17, 15) is 17.2 Å². The molecule has 0 saturated carbocycles. The van der Waals surface area contributed by atoms with Crippen molar-refractivity contribution in [3.63, 3.8) is 0 Å². The molecular formula is C11H8F2N2O3S. The molecule has 0 spiro atoms. The Hall–Kier alpha value is -2.06. The van der Waals surface area contributed by atoms with Crippen LogP contribution in [-0.4, -0.2) is 13.4 Å². The van der Waals surface area contributed by atoms with E-state index in [2.05, 4.69) is 4.98 Å². The number of pyridine rings is 1. The average molecular weight is 286 g/mol. The molecule has 0 aliphatic heterocycles. The first kappa shape index (κ1) is 13.4. The third-order valence-corrected chi connectivity index (χ3v) is 3.07. The third-order valence-electron chi connectivity index (χ3n) is 2.17. The van der Waals surface area contributed by atoms with Crippen LogP contribution in [0, 0.1) is 11.6 Å². The number of aromatic nitrogens is 1. The first-order valence-corrected chi connectivity index (χ1v) is 6.53. The second-order valence-corrected chi connectivity index (χ2v) is 5.09. The summed E-state index contributed by atoms with van der Waals surface area (Å²) in [5, 5.41) is 4.89. The lowest BCUT2D eigenvalue weighted by Gasteiger charge is -2.06. The van der Waals surface area contributed by atoms with E-state index in [1.807, 2.05) is 0 Å². The van der Waals surface area contributed by atoms with Crippen molar-refractivity contribution in [1.29, 1.82) is 0 Å². The Kier molecular flexibility index (Phi) is 3.45. The number of ether oxygens (including phenoxy) is 1. The summed E-state index contributed by atoms with van der Waals surface area (Å²) in [6.45, 7) is 0. The van der Waals surface area contributed by atoms with Gasteiger partial charge in [-0.3, -0.25) is 0 Å². The summed E-state index contributed by atoms with van der Waals surface area (Å²) in [5.41, 5.74) is 0. The molecule has 2 aromatic rings. The fraction of sp³-hybridized carbons (Fsp3) is 0. The Morgan fingerprint density at radius 3 is 2.47 bits per heavy atom. The van der Waals surface area contributed by atoms with Crippen LogP contribution in [0.5, 0.6) is 11.6 Å². The van der Waals surface area contributed by atoms with Crippen LogP contribution in [0.2, 0.25) is 0 Å². The molecule has 1 aromatic heterocycles. The highest BCUT2D eigenvalue weighted by Crippen LogP contribution is 2.24. The van der Waals surface area contributed by atoms with Crippen molar-refractivity contribution in [2.75, 3.05) is 0 Å². The molecule has 0 aliphatic carbocycles. The van der Waals surface area contributed by atoms with Crippen LogP contribution in [0.15, 0.2) is 41.4 Å². The van der Waals surface area contributed by atoms with Gasteiger partial charge in [0.25, 0.3) is 0 Å². The van der Waals surface area contributed by atoms with Gasteiger partial charge in [0.2, 0.25) is 21.7 Å². The molecule has 0 saturated heterocycles. The molecule has 8 heteroatoms. The summed E-state index contributed by atoms with van der Waals surface area (Å²) in [4.78, 5) is 3.43.